The Morgan fingerprint density at radius 1 is 1.36 bits per heavy atom. The minimum absolute atomic E-state index is 0.461. The Balaban J connectivity index is 3.02. The molecule has 0 saturated heterocycles. The van der Waals surface area contributed by atoms with Gasteiger partial charge in [0.05, 0.1) is 14.1 Å². The molecule has 11 heavy (non-hydrogen) atoms. The van der Waals surface area contributed by atoms with Crippen molar-refractivity contribution in [3.8, 4) is 0 Å². The highest BCUT2D eigenvalue weighted by Gasteiger charge is 2.14. The molecule has 0 radical (unpaired) electrons. The van der Waals surface area contributed by atoms with Crippen molar-refractivity contribution in [2.24, 2.45) is 0 Å². The maximum atomic E-state index is 7.17. The van der Waals surface area contributed by atoms with E-state index in [2.05, 4.69) is 4.98 Å². The molecule has 1 rings (SSSR count). The maximum Gasteiger partial charge on any atom is 0.187 e. The summed E-state index contributed by atoms with van der Waals surface area (Å²) < 4.78 is 0.461. The van der Waals surface area contributed by atoms with Gasteiger partial charge in [0.2, 0.25) is 0 Å². The molecule has 0 saturated carbocycles. The Kier molecular flexibility index (Phi) is 2.01. The van der Waals surface area contributed by atoms with Gasteiger partial charge in [-0.05, 0) is 0 Å². The number of quaternary nitrogens is 1. The Labute approximate surface area is 66.4 Å². The summed E-state index contributed by atoms with van der Waals surface area (Å²) in [6.45, 7) is 0. The second-order valence-electron chi connectivity index (χ2n) is 2.87. The molecule has 0 aliphatic rings. The van der Waals surface area contributed by atoms with Gasteiger partial charge in [0.25, 0.3) is 0 Å². The molecule has 0 atom stereocenters. The highest BCUT2D eigenvalue weighted by atomic mass is 15.3. The van der Waals surface area contributed by atoms with Crippen LogP contribution in [0.1, 0.15) is 0 Å². The van der Waals surface area contributed by atoms with Gasteiger partial charge in [0, 0.05) is 24.5 Å². The van der Waals surface area contributed by atoms with E-state index >= 15 is 0 Å². The second kappa shape index (κ2) is 2.80. The summed E-state index contributed by atoms with van der Waals surface area (Å²) in [5.41, 5.74) is 1.06. The monoisotopic (exact) mass is 150 g/mol. The number of hydrogen-bond acceptors (Lipinski definition) is 2. The van der Waals surface area contributed by atoms with Gasteiger partial charge < -0.3 is 0 Å². The van der Waals surface area contributed by atoms with Crippen LogP contribution in [0.5, 0.6) is 0 Å². The highest BCUT2D eigenvalue weighted by molar-refractivity contribution is 5.69. The highest BCUT2D eigenvalue weighted by Crippen LogP contribution is 2.13. The van der Waals surface area contributed by atoms with Crippen molar-refractivity contribution in [1.82, 2.24) is 9.47 Å². The van der Waals surface area contributed by atoms with E-state index in [1.807, 2.05) is 26.2 Å². The Morgan fingerprint density at radius 2 is 1.91 bits per heavy atom. The molecule has 0 bridgehead atoms. The van der Waals surface area contributed by atoms with Gasteiger partial charge in [-0.3, -0.25) is 14.9 Å². The molecule has 1 N–H and O–H groups in total. The average Bonchev–Trinajstić information content (AvgIpc) is 2.06. The van der Waals surface area contributed by atoms with Crippen molar-refractivity contribution in [2.45, 2.75) is 0 Å². The molecule has 0 aromatic carbocycles. The Bertz CT molecular complexity index is 241. The Morgan fingerprint density at radius 3 is 2.36 bits per heavy atom. The fourth-order valence-corrected chi connectivity index (χ4v) is 0.803. The smallest absolute Gasteiger partial charge is 0.187 e. The summed E-state index contributed by atoms with van der Waals surface area (Å²) in [5.74, 6) is 0. The van der Waals surface area contributed by atoms with Crippen LogP contribution in [0.2, 0.25) is 0 Å². The predicted molar refractivity (Wildman–Crippen MR) is 46.7 cm³/mol. The third-order valence-electron chi connectivity index (χ3n) is 1.65. The van der Waals surface area contributed by atoms with Crippen LogP contribution in [0.25, 0.3) is 0 Å². The fourth-order valence-electron chi connectivity index (χ4n) is 0.803. The molecule has 58 valence electrons. The van der Waals surface area contributed by atoms with Gasteiger partial charge in [0.15, 0.2) is 6.34 Å². The van der Waals surface area contributed by atoms with Crippen LogP contribution in [-0.4, -0.2) is 25.4 Å². The Hall–Kier alpha value is -1.22. The third-order valence-corrected chi connectivity index (χ3v) is 1.65. The van der Waals surface area contributed by atoms with E-state index in [4.69, 9.17) is 5.41 Å². The van der Waals surface area contributed by atoms with Gasteiger partial charge in [0.1, 0.15) is 5.69 Å². The number of aromatic nitrogens is 1. The lowest BCUT2D eigenvalue weighted by molar-refractivity contribution is 0.607. The summed E-state index contributed by atoms with van der Waals surface area (Å²) in [6.07, 6.45) is 4.85. The average molecular weight is 150 g/mol. The standard InChI is InChI=1S/C8H12N3/c1-11(2,7-9)8-3-5-10-6-4-8/h3-7,9H,1-2H3/q+1. The van der Waals surface area contributed by atoms with Crippen LogP contribution >= 0.6 is 0 Å². The molecular weight excluding hydrogens is 138 g/mol. The number of nitrogens with zero attached hydrogens (tertiary/aromatic N) is 2. The number of nitrogens with one attached hydrogen (secondary N) is 1. The molecule has 1 heterocycles. The molecule has 3 heteroatoms. The number of pyridine rings is 1. The minimum Gasteiger partial charge on any atom is -0.264 e. The van der Waals surface area contributed by atoms with Gasteiger partial charge in [-0.15, -0.1) is 0 Å². The van der Waals surface area contributed by atoms with Gasteiger partial charge in [-0.25, -0.2) is 0 Å². The van der Waals surface area contributed by atoms with Gasteiger partial charge in [-0.2, -0.15) is 0 Å². The van der Waals surface area contributed by atoms with E-state index in [0.29, 0.717) is 4.48 Å². The van der Waals surface area contributed by atoms with E-state index in [1.54, 1.807) is 12.4 Å². The van der Waals surface area contributed by atoms with E-state index in [-0.39, 0.29) is 0 Å². The normalized spacial score (nSPS) is 11.1. The summed E-state index contributed by atoms with van der Waals surface area (Å²) >= 11 is 0. The molecule has 0 aliphatic carbocycles. The first kappa shape index (κ1) is 7.88. The van der Waals surface area contributed by atoms with Crippen LogP contribution in [0.15, 0.2) is 24.5 Å². The quantitative estimate of drug-likeness (QED) is 0.384. The van der Waals surface area contributed by atoms with Crippen molar-refractivity contribution >= 4 is 12.0 Å². The lowest BCUT2D eigenvalue weighted by Crippen LogP contribution is -2.38. The first-order valence-corrected chi connectivity index (χ1v) is 3.43. The van der Waals surface area contributed by atoms with Crippen LogP contribution in [0, 0.1) is 5.41 Å². The van der Waals surface area contributed by atoms with E-state index in [0.717, 1.165) is 5.69 Å². The van der Waals surface area contributed by atoms with Crippen molar-refractivity contribution in [2.75, 3.05) is 14.1 Å². The van der Waals surface area contributed by atoms with Crippen LogP contribution in [0.3, 0.4) is 0 Å². The van der Waals surface area contributed by atoms with Crippen LogP contribution < -0.4 is 4.48 Å². The number of rotatable bonds is 2. The zero-order valence-corrected chi connectivity index (χ0v) is 6.78. The molecule has 0 spiro atoms. The van der Waals surface area contributed by atoms with E-state index < -0.39 is 0 Å². The van der Waals surface area contributed by atoms with E-state index in [1.165, 1.54) is 6.34 Å². The number of hydrogen-bond donors (Lipinski definition) is 1. The molecule has 1 aromatic rings. The topological polar surface area (TPSA) is 36.7 Å². The molecule has 3 nitrogen and oxygen atoms in total. The molecule has 0 fully saturated rings. The molecule has 0 unspecified atom stereocenters. The van der Waals surface area contributed by atoms with E-state index in [9.17, 15) is 0 Å². The van der Waals surface area contributed by atoms with Gasteiger partial charge >= 0.3 is 0 Å². The largest absolute Gasteiger partial charge is 0.264 e. The van der Waals surface area contributed by atoms with Crippen LogP contribution in [-0.2, 0) is 0 Å². The summed E-state index contributed by atoms with van der Waals surface area (Å²) in [5, 5.41) is 7.17. The third kappa shape index (κ3) is 1.62. The predicted octanol–water partition coefficient (Wildman–Crippen LogP) is 1.26. The van der Waals surface area contributed by atoms with Crippen LogP contribution in [0.4, 0.5) is 5.69 Å². The maximum absolute atomic E-state index is 7.17. The zero-order valence-electron chi connectivity index (χ0n) is 6.78. The molecule has 0 amide bonds. The summed E-state index contributed by atoms with van der Waals surface area (Å²) in [6, 6.07) is 3.82. The molecule has 1 aromatic heterocycles. The van der Waals surface area contributed by atoms with Crippen molar-refractivity contribution < 1.29 is 0 Å². The first-order chi connectivity index (χ1) is 5.17. The summed E-state index contributed by atoms with van der Waals surface area (Å²) in [7, 11) is 3.89. The molecular formula is C8H12N3+. The fraction of sp³-hybridized carbons (Fsp3) is 0.250. The lowest BCUT2D eigenvalue weighted by Gasteiger charge is -2.21. The van der Waals surface area contributed by atoms with Crippen molar-refractivity contribution in [3.63, 3.8) is 0 Å². The SMILES string of the molecule is C[N+](C)(C=N)c1ccncc1. The minimum atomic E-state index is 0.461. The van der Waals surface area contributed by atoms with Gasteiger partial charge in [-0.1, -0.05) is 0 Å². The zero-order chi connectivity index (χ0) is 8.32. The summed E-state index contributed by atoms with van der Waals surface area (Å²) in [4.78, 5) is 3.91. The van der Waals surface area contributed by atoms with Crippen molar-refractivity contribution in [3.05, 3.63) is 24.5 Å². The first-order valence-electron chi connectivity index (χ1n) is 3.43. The second-order valence-corrected chi connectivity index (χ2v) is 2.87. The van der Waals surface area contributed by atoms with Crippen molar-refractivity contribution in [1.29, 1.82) is 5.41 Å². The lowest BCUT2D eigenvalue weighted by atomic mass is 10.3. The molecule has 0 aliphatic heterocycles.